The summed E-state index contributed by atoms with van der Waals surface area (Å²) in [5.41, 5.74) is 1.56. The van der Waals surface area contributed by atoms with Crippen LogP contribution in [0.1, 0.15) is 12.5 Å². The normalized spacial score (nSPS) is 10.1. The third kappa shape index (κ3) is 7.19. The number of carbonyl (C=O) groups is 3. The van der Waals surface area contributed by atoms with Gasteiger partial charge < -0.3 is 20.1 Å². The van der Waals surface area contributed by atoms with Crippen LogP contribution in [0, 0.1) is 0 Å². The zero-order valence-corrected chi connectivity index (χ0v) is 15.1. The Morgan fingerprint density at radius 2 is 1.81 bits per heavy atom. The van der Waals surface area contributed by atoms with E-state index in [4.69, 9.17) is 9.84 Å². The first-order chi connectivity index (χ1) is 12.9. The average molecular weight is 370 g/mol. The van der Waals surface area contributed by atoms with Crippen molar-refractivity contribution in [3.8, 4) is 5.75 Å². The molecule has 2 N–H and O–H groups in total. The first-order valence-corrected chi connectivity index (χ1v) is 8.48. The third-order valence-corrected chi connectivity index (χ3v) is 3.77. The maximum absolute atomic E-state index is 12.3. The van der Waals surface area contributed by atoms with Gasteiger partial charge in [-0.25, -0.2) is 4.79 Å². The number of carboxylic acid groups (broad SMARTS) is 1. The van der Waals surface area contributed by atoms with Gasteiger partial charge in [0.05, 0.1) is 6.54 Å². The second-order valence-corrected chi connectivity index (χ2v) is 5.93. The van der Waals surface area contributed by atoms with Crippen molar-refractivity contribution in [1.29, 1.82) is 0 Å². The molecule has 0 aliphatic heterocycles. The molecule has 0 spiro atoms. The molecule has 2 rings (SSSR count). The van der Waals surface area contributed by atoms with E-state index in [2.05, 4.69) is 5.32 Å². The van der Waals surface area contributed by atoms with Crippen molar-refractivity contribution >= 4 is 23.5 Å². The SMILES string of the molecule is CC(=O)N(CCc1ccccc1)CC(=O)Nc1cccc(OCC(=O)O)c1. The molecule has 0 unspecified atom stereocenters. The highest BCUT2D eigenvalue weighted by Crippen LogP contribution is 2.17. The van der Waals surface area contributed by atoms with Crippen LogP contribution in [0.3, 0.4) is 0 Å². The quantitative estimate of drug-likeness (QED) is 0.705. The minimum atomic E-state index is -1.08. The standard InChI is InChI=1S/C20H22N2O5/c1-15(23)22(11-10-16-6-3-2-4-7-16)13-19(24)21-17-8-5-9-18(12-17)27-14-20(25)26/h2-9,12H,10-11,13-14H2,1H3,(H,21,24)(H,25,26). The number of benzene rings is 2. The smallest absolute Gasteiger partial charge is 0.341 e. The summed E-state index contributed by atoms with van der Waals surface area (Å²) < 4.78 is 5.08. The maximum Gasteiger partial charge on any atom is 0.341 e. The molecule has 27 heavy (non-hydrogen) atoms. The molecular formula is C20H22N2O5. The molecule has 0 fully saturated rings. The molecule has 2 aromatic carbocycles. The Morgan fingerprint density at radius 1 is 1.07 bits per heavy atom. The van der Waals surface area contributed by atoms with Crippen LogP contribution in [0.15, 0.2) is 54.6 Å². The Bertz CT molecular complexity index is 792. The second kappa shape index (κ2) is 9.96. The number of anilines is 1. The molecule has 2 aromatic rings. The number of hydrogen-bond acceptors (Lipinski definition) is 4. The topological polar surface area (TPSA) is 95.9 Å². The van der Waals surface area contributed by atoms with E-state index in [9.17, 15) is 14.4 Å². The van der Waals surface area contributed by atoms with Gasteiger partial charge in [-0.05, 0) is 24.1 Å². The van der Waals surface area contributed by atoms with Gasteiger partial charge >= 0.3 is 5.97 Å². The summed E-state index contributed by atoms with van der Waals surface area (Å²) in [5.74, 6) is -1.27. The van der Waals surface area contributed by atoms with Crippen molar-refractivity contribution < 1.29 is 24.2 Å². The van der Waals surface area contributed by atoms with Crippen LogP contribution >= 0.6 is 0 Å². The Balaban J connectivity index is 1.90. The lowest BCUT2D eigenvalue weighted by Crippen LogP contribution is -2.38. The van der Waals surface area contributed by atoms with Crippen LogP contribution in [0.4, 0.5) is 5.69 Å². The molecule has 0 aliphatic rings. The van der Waals surface area contributed by atoms with Gasteiger partial charge in [0.25, 0.3) is 0 Å². The average Bonchev–Trinajstić information content (AvgIpc) is 2.64. The zero-order valence-electron chi connectivity index (χ0n) is 15.1. The molecule has 2 amide bonds. The van der Waals surface area contributed by atoms with Crippen molar-refractivity contribution in [3.63, 3.8) is 0 Å². The lowest BCUT2D eigenvalue weighted by molar-refractivity contribution is -0.139. The van der Waals surface area contributed by atoms with Gasteiger partial charge in [-0.1, -0.05) is 36.4 Å². The number of hydrogen-bond donors (Lipinski definition) is 2. The predicted molar refractivity (Wildman–Crippen MR) is 101 cm³/mol. The molecule has 0 radical (unpaired) electrons. The first kappa shape index (κ1) is 20.0. The Labute approximate surface area is 157 Å². The van der Waals surface area contributed by atoms with E-state index in [1.54, 1.807) is 18.2 Å². The molecule has 0 bridgehead atoms. The van der Waals surface area contributed by atoms with E-state index in [1.165, 1.54) is 17.9 Å². The number of aliphatic carboxylic acids is 1. The van der Waals surface area contributed by atoms with E-state index in [0.717, 1.165) is 5.56 Å². The number of amides is 2. The molecule has 142 valence electrons. The van der Waals surface area contributed by atoms with E-state index in [0.29, 0.717) is 24.4 Å². The summed E-state index contributed by atoms with van der Waals surface area (Å²) in [6, 6.07) is 16.2. The van der Waals surface area contributed by atoms with Crippen LogP contribution in [0.5, 0.6) is 5.75 Å². The van der Waals surface area contributed by atoms with Crippen LogP contribution in [-0.4, -0.2) is 47.5 Å². The van der Waals surface area contributed by atoms with Crippen LogP contribution in [0.25, 0.3) is 0 Å². The van der Waals surface area contributed by atoms with E-state index >= 15 is 0 Å². The lowest BCUT2D eigenvalue weighted by atomic mass is 10.1. The maximum atomic E-state index is 12.3. The van der Waals surface area contributed by atoms with E-state index < -0.39 is 12.6 Å². The van der Waals surface area contributed by atoms with Gasteiger partial charge in [0.1, 0.15) is 5.75 Å². The molecule has 7 nitrogen and oxygen atoms in total. The summed E-state index contributed by atoms with van der Waals surface area (Å²) in [7, 11) is 0. The molecule has 7 heteroatoms. The van der Waals surface area contributed by atoms with Crippen LogP contribution in [-0.2, 0) is 20.8 Å². The summed E-state index contributed by atoms with van der Waals surface area (Å²) in [6.45, 7) is 1.34. The number of carboxylic acids is 1. The van der Waals surface area contributed by atoms with Gasteiger partial charge in [-0.15, -0.1) is 0 Å². The minimum absolute atomic E-state index is 0.0671. The number of carbonyl (C=O) groups excluding carboxylic acids is 2. The molecule has 0 aliphatic carbocycles. The second-order valence-electron chi connectivity index (χ2n) is 5.93. The molecular weight excluding hydrogens is 348 g/mol. The van der Waals surface area contributed by atoms with Gasteiger partial charge in [-0.3, -0.25) is 9.59 Å². The molecule has 0 saturated carbocycles. The van der Waals surface area contributed by atoms with Crippen molar-refractivity contribution in [3.05, 3.63) is 60.2 Å². The number of nitrogens with zero attached hydrogens (tertiary/aromatic N) is 1. The van der Waals surface area contributed by atoms with Gasteiger partial charge in [0.2, 0.25) is 11.8 Å². The molecule has 0 heterocycles. The lowest BCUT2D eigenvalue weighted by Gasteiger charge is -2.20. The molecule has 0 saturated heterocycles. The first-order valence-electron chi connectivity index (χ1n) is 8.48. The fourth-order valence-electron chi connectivity index (χ4n) is 2.44. The summed E-state index contributed by atoms with van der Waals surface area (Å²) in [5, 5.41) is 11.3. The highest BCUT2D eigenvalue weighted by Gasteiger charge is 2.14. The zero-order chi connectivity index (χ0) is 19.6. The third-order valence-electron chi connectivity index (χ3n) is 3.77. The summed E-state index contributed by atoms with van der Waals surface area (Å²) in [6.07, 6.45) is 0.659. The fraction of sp³-hybridized carbons (Fsp3) is 0.250. The fourth-order valence-corrected chi connectivity index (χ4v) is 2.44. The Kier molecular flexibility index (Phi) is 7.37. The van der Waals surface area contributed by atoms with E-state index in [1.807, 2.05) is 30.3 Å². The summed E-state index contributed by atoms with van der Waals surface area (Å²) in [4.78, 5) is 36.1. The number of ether oxygens (including phenoxy) is 1. The van der Waals surface area contributed by atoms with Crippen LogP contribution < -0.4 is 10.1 Å². The highest BCUT2D eigenvalue weighted by atomic mass is 16.5. The van der Waals surface area contributed by atoms with Crippen molar-refractivity contribution in [2.45, 2.75) is 13.3 Å². The molecule has 0 aromatic heterocycles. The number of rotatable bonds is 9. The minimum Gasteiger partial charge on any atom is -0.482 e. The van der Waals surface area contributed by atoms with Crippen molar-refractivity contribution in [2.75, 3.05) is 25.0 Å². The van der Waals surface area contributed by atoms with Gasteiger partial charge in [0, 0.05) is 25.2 Å². The van der Waals surface area contributed by atoms with Crippen molar-refractivity contribution in [1.82, 2.24) is 4.90 Å². The molecule has 0 atom stereocenters. The summed E-state index contributed by atoms with van der Waals surface area (Å²) >= 11 is 0. The van der Waals surface area contributed by atoms with E-state index in [-0.39, 0.29) is 18.4 Å². The Hall–Kier alpha value is -3.35. The number of nitrogens with one attached hydrogen (secondary N) is 1. The van der Waals surface area contributed by atoms with Gasteiger partial charge in [0.15, 0.2) is 6.61 Å². The van der Waals surface area contributed by atoms with Crippen molar-refractivity contribution in [2.24, 2.45) is 0 Å². The largest absolute Gasteiger partial charge is 0.482 e. The Morgan fingerprint density at radius 3 is 2.48 bits per heavy atom. The highest BCUT2D eigenvalue weighted by molar-refractivity contribution is 5.94. The van der Waals surface area contributed by atoms with Gasteiger partial charge in [-0.2, -0.15) is 0 Å². The van der Waals surface area contributed by atoms with Crippen LogP contribution in [0.2, 0.25) is 0 Å². The monoisotopic (exact) mass is 370 g/mol. The predicted octanol–water partition coefficient (Wildman–Crippen LogP) is 2.18.